The maximum Gasteiger partial charge on any atom is 0.241 e. The Bertz CT molecular complexity index is 383. The van der Waals surface area contributed by atoms with Crippen molar-refractivity contribution in [3.8, 4) is 6.07 Å². The maximum absolute atomic E-state index is 12.4. The van der Waals surface area contributed by atoms with Crippen molar-refractivity contribution in [2.75, 3.05) is 26.7 Å². The summed E-state index contributed by atoms with van der Waals surface area (Å²) in [4.78, 5) is 16.3. The first-order valence-electron chi connectivity index (χ1n) is 6.96. The summed E-state index contributed by atoms with van der Waals surface area (Å²) in [5.74, 6) is 0.0517. The third kappa shape index (κ3) is 2.90. The third-order valence-corrected chi connectivity index (χ3v) is 4.30. The van der Waals surface area contributed by atoms with Crippen LogP contribution in [0.15, 0.2) is 0 Å². The summed E-state index contributed by atoms with van der Waals surface area (Å²) < 4.78 is 5.66. The molecule has 0 saturated carbocycles. The van der Waals surface area contributed by atoms with E-state index < -0.39 is 0 Å². The Hall–Kier alpha value is -1.12. The molecule has 2 saturated heterocycles. The second kappa shape index (κ2) is 5.48. The molecule has 2 fully saturated rings. The fourth-order valence-electron chi connectivity index (χ4n) is 2.94. The van der Waals surface area contributed by atoms with E-state index in [0.29, 0.717) is 0 Å². The quantitative estimate of drug-likeness (QED) is 0.764. The molecule has 2 atom stereocenters. The second-order valence-corrected chi connectivity index (χ2v) is 6.15. The molecular weight excluding hydrogens is 242 g/mol. The summed E-state index contributed by atoms with van der Waals surface area (Å²) >= 11 is 0. The molecule has 1 amide bonds. The van der Waals surface area contributed by atoms with Gasteiger partial charge in [0.1, 0.15) is 6.04 Å². The van der Waals surface area contributed by atoms with Gasteiger partial charge < -0.3 is 9.64 Å². The second-order valence-electron chi connectivity index (χ2n) is 6.15. The average Bonchev–Trinajstić information content (AvgIpc) is 2.84. The molecule has 2 aliphatic rings. The van der Waals surface area contributed by atoms with Gasteiger partial charge in [0.25, 0.3) is 0 Å². The van der Waals surface area contributed by atoms with Crippen LogP contribution < -0.4 is 0 Å². The van der Waals surface area contributed by atoms with E-state index in [1.54, 1.807) is 4.90 Å². The number of amides is 1. The van der Waals surface area contributed by atoms with Crippen LogP contribution in [0.3, 0.4) is 0 Å². The lowest BCUT2D eigenvalue weighted by molar-refractivity contribution is -0.150. The van der Waals surface area contributed by atoms with Gasteiger partial charge in [-0.05, 0) is 26.7 Å². The lowest BCUT2D eigenvalue weighted by Crippen LogP contribution is -2.65. The summed E-state index contributed by atoms with van der Waals surface area (Å²) in [5.41, 5.74) is -0.193. The minimum absolute atomic E-state index is 0.0517. The van der Waals surface area contributed by atoms with Gasteiger partial charge in [0.15, 0.2) is 0 Å². The number of carbonyl (C=O) groups excluding carboxylic acids is 1. The van der Waals surface area contributed by atoms with Crippen LogP contribution in [0.4, 0.5) is 0 Å². The zero-order valence-electron chi connectivity index (χ0n) is 12.1. The Morgan fingerprint density at radius 1 is 1.53 bits per heavy atom. The number of ether oxygens (including phenoxy) is 1. The van der Waals surface area contributed by atoms with Crippen molar-refractivity contribution < 1.29 is 9.53 Å². The van der Waals surface area contributed by atoms with Gasteiger partial charge in [0, 0.05) is 32.3 Å². The maximum atomic E-state index is 12.4. The Labute approximate surface area is 115 Å². The van der Waals surface area contributed by atoms with E-state index in [-0.39, 0.29) is 30.0 Å². The molecule has 5 nitrogen and oxygen atoms in total. The minimum atomic E-state index is -0.313. The molecule has 0 spiro atoms. The predicted octanol–water partition coefficient (Wildman–Crippen LogP) is 1.00. The van der Waals surface area contributed by atoms with Crippen LogP contribution in [0, 0.1) is 11.3 Å². The number of nitrogens with zero attached hydrogens (tertiary/aromatic N) is 3. The lowest BCUT2D eigenvalue weighted by Gasteiger charge is -2.49. The Morgan fingerprint density at radius 2 is 2.26 bits per heavy atom. The van der Waals surface area contributed by atoms with E-state index >= 15 is 0 Å². The lowest BCUT2D eigenvalue weighted by atomic mass is 9.94. The Kier molecular flexibility index (Phi) is 4.12. The predicted molar refractivity (Wildman–Crippen MR) is 71.4 cm³/mol. The fourth-order valence-corrected chi connectivity index (χ4v) is 2.94. The Morgan fingerprint density at radius 3 is 2.84 bits per heavy atom. The van der Waals surface area contributed by atoms with Crippen LogP contribution in [0.1, 0.15) is 33.1 Å². The van der Waals surface area contributed by atoms with Crippen molar-refractivity contribution in [2.45, 2.75) is 50.8 Å². The van der Waals surface area contributed by atoms with Crippen LogP contribution in [0.5, 0.6) is 0 Å². The Balaban J connectivity index is 2.12. The number of rotatable bonds is 3. The SMILES string of the molecule is CN1C(=O)C(CC#N)N(CC2CCCO2)CC1(C)C. The molecule has 0 aliphatic carbocycles. The zero-order valence-corrected chi connectivity index (χ0v) is 12.1. The molecule has 0 bridgehead atoms. The summed E-state index contributed by atoms with van der Waals surface area (Å²) in [6.07, 6.45) is 2.62. The van der Waals surface area contributed by atoms with Crippen molar-refractivity contribution in [3.05, 3.63) is 0 Å². The summed E-state index contributed by atoms with van der Waals surface area (Å²) in [7, 11) is 1.83. The molecule has 2 heterocycles. The smallest absolute Gasteiger partial charge is 0.241 e. The molecule has 2 unspecified atom stereocenters. The van der Waals surface area contributed by atoms with Gasteiger partial charge in [-0.25, -0.2) is 0 Å². The standard InChI is InChI=1S/C14H23N3O2/c1-14(2)10-17(9-11-5-4-8-19-11)12(6-7-15)13(18)16(14)3/h11-12H,4-6,8-10H2,1-3H3. The van der Waals surface area contributed by atoms with E-state index in [9.17, 15) is 4.79 Å². The molecule has 0 radical (unpaired) electrons. The first-order chi connectivity index (χ1) is 8.95. The number of piperazine rings is 1. The first kappa shape index (κ1) is 14.3. The zero-order chi connectivity index (χ0) is 14.0. The largest absolute Gasteiger partial charge is 0.377 e. The third-order valence-electron chi connectivity index (χ3n) is 4.30. The topological polar surface area (TPSA) is 56.6 Å². The van der Waals surface area contributed by atoms with Gasteiger partial charge in [-0.1, -0.05) is 0 Å². The van der Waals surface area contributed by atoms with Gasteiger partial charge in [-0.15, -0.1) is 0 Å². The van der Waals surface area contributed by atoms with Gasteiger partial charge in [0.2, 0.25) is 5.91 Å². The van der Waals surface area contributed by atoms with Crippen LogP contribution in [-0.4, -0.2) is 60.1 Å². The molecule has 0 N–H and O–H groups in total. The van der Waals surface area contributed by atoms with Crippen molar-refractivity contribution in [2.24, 2.45) is 0 Å². The van der Waals surface area contributed by atoms with E-state index in [0.717, 1.165) is 32.5 Å². The number of carbonyl (C=O) groups is 1. The highest BCUT2D eigenvalue weighted by Gasteiger charge is 2.43. The van der Waals surface area contributed by atoms with E-state index in [2.05, 4.69) is 24.8 Å². The normalized spacial score (nSPS) is 31.5. The summed E-state index contributed by atoms with van der Waals surface area (Å²) in [6.45, 7) is 6.50. The monoisotopic (exact) mass is 265 g/mol. The van der Waals surface area contributed by atoms with Gasteiger partial charge >= 0.3 is 0 Å². The van der Waals surface area contributed by atoms with Crippen LogP contribution >= 0.6 is 0 Å². The number of likely N-dealkylation sites (N-methyl/N-ethyl adjacent to an activating group) is 1. The first-order valence-corrected chi connectivity index (χ1v) is 6.96. The van der Waals surface area contributed by atoms with E-state index in [4.69, 9.17) is 10.00 Å². The molecule has 0 aromatic heterocycles. The number of nitriles is 1. The average molecular weight is 265 g/mol. The molecule has 0 aromatic rings. The highest BCUT2D eigenvalue weighted by molar-refractivity contribution is 5.83. The van der Waals surface area contributed by atoms with Gasteiger partial charge in [0.05, 0.1) is 18.6 Å². The van der Waals surface area contributed by atoms with Crippen molar-refractivity contribution in [1.82, 2.24) is 9.80 Å². The van der Waals surface area contributed by atoms with Crippen molar-refractivity contribution in [1.29, 1.82) is 5.26 Å². The molecule has 5 heteroatoms. The van der Waals surface area contributed by atoms with Crippen molar-refractivity contribution >= 4 is 5.91 Å². The fraction of sp³-hybridized carbons (Fsp3) is 0.857. The molecular formula is C14H23N3O2. The van der Waals surface area contributed by atoms with Crippen molar-refractivity contribution in [3.63, 3.8) is 0 Å². The minimum Gasteiger partial charge on any atom is -0.377 e. The van der Waals surface area contributed by atoms with E-state index in [1.807, 2.05) is 7.05 Å². The highest BCUT2D eigenvalue weighted by atomic mass is 16.5. The summed E-state index contributed by atoms with van der Waals surface area (Å²) in [6, 6.07) is 1.83. The van der Waals surface area contributed by atoms with Crippen LogP contribution in [0.25, 0.3) is 0 Å². The highest BCUT2D eigenvalue weighted by Crippen LogP contribution is 2.27. The molecule has 2 rings (SSSR count). The van der Waals surface area contributed by atoms with Gasteiger partial charge in [-0.2, -0.15) is 5.26 Å². The van der Waals surface area contributed by atoms with Crippen LogP contribution in [0.2, 0.25) is 0 Å². The van der Waals surface area contributed by atoms with Crippen LogP contribution in [-0.2, 0) is 9.53 Å². The number of hydrogen-bond donors (Lipinski definition) is 0. The molecule has 106 valence electrons. The van der Waals surface area contributed by atoms with Gasteiger partial charge in [-0.3, -0.25) is 9.69 Å². The summed E-state index contributed by atoms with van der Waals surface area (Å²) in [5, 5.41) is 8.95. The van der Waals surface area contributed by atoms with E-state index in [1.165, 1.54) is 0 Å². The number of hydrogen-bond acceptors (Lipinski definition) is 4. The molecule has 19 heavy (non-hydrogen) atoms. The molecule has 0 aromatic carbocycles. The molecule has 2 aliphatic heterocycles.